The van der Waals surface area contributed by atoms with Gasteiger partial charge in [0.2, 0.25) is 10.0 Å². The highest BCUT2D eigenvalue weighted by Crippen LogP contribution is 2.17. The van der Waals surface area contributed by atoms with Crippen LogP contribution in [0.3, 0.4) is 0 Å². The van der Waals surface area contributed by atoms with Crippen molar-refractivity contribution >= 4 is 19.9 Å². The lowest BCUT2D eigenvalue weighted by Gasteiger charge is -2.28. The minimum Gasteiger partial charge on any atom is -0.317 e. The van der Waals surface area contributed by atoms with Gasteiger partial charge >= 0.3 is 0 Å². The normalized spacial score (nSPS) is 27.1. The van der Waals surface area contributed by atoms with Crippen LogP contribution in [-0.4, -0.2) is 52.7 Å². The van der Waals surface area contributed by atoms with E-state index in [1.165, 1.54) is 0 Å². The standard InChI is InChI=1S/C10H20N2O4S2/c13-17(14)7-3-9(4-8-17)12-18(15,16)10-1-5-11-6-2-10/h9-12H,1-8H2. The first-order valence-electron chi connectivity index (χ1n) is 6.31. The monoisotopic (exact) mass is 296 g/mol. The van der Waals surface area contributed by atoms with E-state index in [0.717, 1.165) is 13.1 Å². The third-order valence-corrected chi connectivity index (χ3v) is 7.34. The SMILES string of the molecule is O=S1(=O)CCC(NS(=O)(=O)C2CCNCC2)CC1. The molecule has 2 rings (SSSR count). The average Bonchev–Trinajstić information content (AvgIpc) is 2.33. The van der Waals surface area contributed by atoms with E-state index in [2.05, 4.69) is 10.0 Å². The minimum atomic E-state index is -3.31. The average molecular weight is 296 g/mol. The molecule has 0 aromatic rings. The third kappa shape index (κ3) is 3.66. The summed E-state index contributed by atoms with van der Waals surface area (Å²) in [5.41, 5.74) is 0. The van der Waals surface area contributed by atoms with Gasteiger partial charge in [0.1, 0.15) is 9.84 Å². The fourth-order valence-corrected chi connectivity index (χ4v) is 5.68. The van der Waals surface area contributed by atoms with Crippen LogP contribution in [0.4, 0.5) is 0 Å². The van der Waals surface area contributed by atoms with Crippen LogP contribution in [-0.2, 0) is 19.9 Å². The molecule has 0 aromatic heterocycles. The molecular weight excluding hydrogens is 276 g/mol. The van der Waals surface area contributed by atoms with Crippen molar-refractivity contribution < 1.29 is 16.8 Å². The topological polar surface area (TPSA) is 92.3 Å². The highest BCUT2D eigenvalue weighted by molar-refractivity contribution is 7.91. The lowest BCUT2D eigenvalue weighted by atomic mass is 10.2. The quantitative estimate of drug-likeness (QED) is 0.714. The Morgan fingerprint density at radius 1 is 1.00 bits per heavy atom. The van der Waals surface area contributed by atoms with Crippen molar-refractivity contribution in [3.63, 3.8) is 0 Å². The van der Waals surface area contributed by atoms with Crippen LogP contribution >= 0.6 is 0 Å². The van der Waals surface area contributed by atoms with E-state index >= 15 is 0 Å². The number of hydrogen-bond donors (Lipinski definition) is 2. The number of piperidine rings is 1. The molecule has 0 atom stereocenters. The van der Waals surface area contributed by atoms with Crippen LogP contribution < -0.4 is 10.0 Å². The second-order valence-corrected chi connectivity index (χ2v) is 9.33. The second-order valence-electron chi connectivity index (χ2n) is 5.04. The van der Waals surface area contributed by atoms with Gasteiger partial charge in [-0.1, -0.05) is 0 Å². The Morgan fingerprint density at radius 3 is 2.11 bits per heavy atom. The van der Waals surface area contributed by atoms with Crippen molar-refractivity contribution in [2.24, 2.45) is 0 Å². The smallest absolute Gasteiger partial charge is 0.214 e. The van der Waals surface area contributed by atoms with E-state index in [4.69, 9.17) is 0 Å². The second kappa shape index (κ2) is 5.44. The number of sulfonamides is 1. The summed E-state index contributed by atoms with van der Waals surface area (Å²) in [7, 11) is -6.25. The van der Waals surface area contributed by atoms with Gasteiger partial charge in [0.25, 0.3) is 0 Å². The van der Waals surface area contributed by atoms with Crippen molar-refractivity contribution in [2.75, 3.05) is 24.6 Å². The van der Waals surface area contributed by atoms with Crippen LogP contribution in [0.5, 0.6) is 0 Å². The van der Waals surface area contributed by atoms with E-state index in [0.29, 0.717) is 25.7 Å². The van der Waals surface area contributed by atoms with Crippen molar-refractivity contribution in [1.29, 1.82) is 0 Å². The molecule has 18 heavy (non-hydrogen) atoms. The van der Waals surface area contributed by atoms with E-state index in [1.807, 2.05) is 0 Å². The lowest BCUT2D eigenvalue weighted by Crippen LogP contribution is -2.47. The molecule has 0 radical (unpaired) electrons. The molecule has 2 aliphatic rings. The number of sulfone groups is 1. The summed E-state index contributed by atoms with van der Waals surface area (Å²) in [4.78, 5) is 0. The van der Waals surface area contributed by atoms with E-state index in [-0.39, 0.29) is 22.8 Å². The van der Waals surface area contributed by atoms with Crippen LogP contribution in [0.2, 0.25) is 0 Å². The van der Waals surface area contributed by atoms with Crippen LogP contribution in [0.1, 0.15) is 25.7 Å². The molecule has 0 saturated carbocycles. The molecule has 0 unspecified atom stereocenters. The lowest BCUT2D eigenvalue weighted by molar-refractivity contribution is 0.468. The van der Waals surface area contributed by atoms with Gasteiger partial charge < -0.3 is 5.32 Å². The molecule has 0 aromatic carbocycles. The first kappa shape index (κ1) is 14.2. The number of hydrogen-bond acceptors (Lipinski definition) is 5. The van der Waals surface area contributed by atoms with E-state index < -0.39 is 19.9 Å². The van der Waals surface area contributed by atoms with Gasteiger partial charge in [0.15, 0.2) is 0 Å². The maximum atomic E-state index is 12.1. The van der Waals surface area contributed by atoms with Gasteiger partial charge in [-0.2, -0.15) is 0 Å². The van der Waals surface area contributed by atoms with Crippen molar-refractivity contribution in [2.45, 2.75) is 37.0 Å². The molecular formula is C10H20N2O4S2. The Bertz CT molecular complexity index is 466. The van der Waals surface area contributed by atoms with Crippen LogP contribution in [0.15, 0.2) is 0 Å². The Labute approximate surface area is 108 Å². The molecule has 106 valence electrons. The fourth-order valence-electron chi connectivity index (χ4n) is 2.44. The molecule has 2 fully saturated rings. The fraction of sp³-hybridized carbons (Fsp3) is 1.00. The largest absolute Gasteiger partial charge is 0.317 e. The van der Waals surface area contributed by atoms with E-state index in [9.17, 15) is 16.8 Å². The summed E-state index contributed by atoms with van der Waals surface area (Å²) in [6.07, 6.45) is 2.04. The number of rotatable bonds is 3. The Kier molecular flexibility index (Phi) is 4.30. The summed E-state index contributed by atoms with van der Waals surface area (Å²) in [5.74, 6) is 0.179. The molecule has 2 N–H and O–H groups in total. The summed E-state index contributed by atoms with van der Waals surface area (Å²) in [6, 6.07) is -0.214. The van der Waals surface area contributed by atoms with E-state index in [1.54, 1.807) is 0 Å². The molecule has 8 heteroatoms. The summed E-state index contributed by atoms with van der Waals surface area (Å²) < 4.78 is 49.5. The minimum absolute atomic E-state index is 0.0897. The molecule has 2 saturated heterocycles. The third-order valence-electron chi connectivity index (χ3n) is 3.61. The van der Waals surface area contributed by atoms with Gasteiger partial charge in [-0.3, -0.25) is 0 Å². The number of nitrogens with one attached hydrogen (secondary N) is 2. The Morgan fingerprint density at radius 2 is 1.56 bits per heavy atom. The van der Waals surface area contributed by atoms with Gasteiger partial charge in [0.05, 0.1) is 16.8 Å². The molecule has 0 amide bonds. The molecule has 0 spiro atoms. The van der Waals surface area contributed by atoms with Gasteiger partial charge in [-0.15, -0.1) is 0 Å². The molecule has 0 aliphatic carbocycles. The van der Waals surface area contributed by atoms with Gasteiger partial charge in [0, 0.05) is 6.04 Å². The molecule has 2 heterocycles. The highest BCUT2D eigenvalue weighted by Gasteiger charge is 2.32. The zero-order valence-corrected chi connectivity index (χ0v) is 11.9. The first-order valence-corrected chi connectivity index (χ1v) is 9.68. The van der Waals surface area contributed by atoms with Crippen LogP contribution in [0, 0.1) is 0 Å². The molecule has 6 nitrogen and oxygen atoms in total. The summed E-state index contributed by atoms with van der Waals surface area (Å²) >= 11 is 0. The molecule has 2 aliphatic heterocycles. The predicted molar refractivity (Wildman–Crippen MR) is 69.6 cm³/mol. The van der Waals surface area contributed by atoms with Crippen molar-refractivity contribution in [3.05, 3.63) is 0 Å². The Balaban J connectivity index is 1.92. The zero-order valence-electron chi connectivity index (χ0n) is 10.3. The van der Waals surface area contributed by atoms with Crippen LogP contribution in [0.25, 0.3) is 0 Å². The van der Waals surface area contributed by atoms with Crippen molar-refractivity contribution in [3.8, 4) is 0 Å². The van der Waals surface area contributed by atoms with Crippen molar-refractivity contribution in [1.82, 2.24) is 10.0 Å². The van der Waals surface area contributed by atoms with Gasteiger partial charge in [-0.05, 0) is 38.8 Å². The maximum absolute atomic E-state index is 12.1. The highest BCUT2D eigenvalue weighted by atomic mass is 32.2. The Hall–Kier alpha value is -0.180. The summed E-state index contributed by atoms with van der Waals surface area (Å²) in [5, 5.41) is 2.79. The zero-order chi connectivity index (χ0) is 13.2. The molecule has 0 bridgehead atoms. The summed E-state index contributed by atoms with van der Waals surface area (Å²) in [6.45, 7) is 1.45. The van der Waals surface area contributed by atoms with Gasteiger partial charge in [-0.25, -0.2) is 21.6 Å². The predicted octanol–water partition coefficient (Wildman–Crippen LogP) is -0.765. The maximum Gasteiger partial charge on any atom is 0.214 e. The first-order chi connectivity index (χ1) is 8.39.